The molecular weight excluding hydrogens is 374 g/mol. The third kappa shape index (κ3) is 5.01. The van der Waals surface area contributed by atoms with E-state index in [1.54, 1.807) is 13.2 Å². The molecular formula is C22H27NO4S. The summed E-state index contributed by atoms with van der Waals surface area (Å²) in [6, 6.07) is 17.2. The van der Waals surface area contributed by atoms with Crippen molar-refractivity contribution in [3.63, 3.8) is 0 Å². The lowest BCUT2D eigenvalue weighted by Crippen LogP contribution is -2.45. The first-order chi connectivity index (χ1) is 13.5. The Kier molecular flexibility index (Phi) is 6.54. The molecule has 1 fully saturated rings. The van der Waals surface area contributed by atoms with Crippen molar-refractivity contribution in [3.05, 3.63) is 71.1 Å². The summed E-state index contributed by atoms with van der Waals surface area (Å²) in [6.45, 7) is 0.878. The molecule has 150 valence electrons. The summed E-state index contributed by atoms with van der Waals surface area (Å²) in [6.07, 6.45) is 3.61. The Bertz CT molecular complexity index is 884. The van der Waals surface area contributed by atoms with Crippen molar-refractivity contribution in [1.82, 2.24) is 4.31 Å². The molecule has 0 unspecified atom stereocenters. The molecule has 0 atom stereocenters. The smallest absolute Gasteiger partial charge is 0.236 e. The van der Waals surface area contributed by atoms with Gasteiger partial charge in [-0.15, -0.1) is 0 Å². The summed E-state index contributed by atoms with van der Waals surface area (Å²) in [5.74, 6) is 0.799. The van der Waals surface area contributed by atoms with Gasteiger partial charge in [0.1, 0.15) is 5.75 Å². The molecule has 1 N–H and O–H groups in total. The van der Waals surface area contributed by atoms with Crippen molar-refractivity contribution in [2.24, 2.45) is 5.41 Å². The van der Waals surface area contributed by atoms with Crippen molar-refractivity contribution in [3.8, 4) is 5.75 Å². The number of hydrogen-bond donors (Lipinski definition) is 1. The molecule has 6 heteroatoms. The zero-order chi connectivity index (χ0) is 20.0. The predicted molar refractivity (Wildman–Crippen MR) is 111 cm³/mol. The van der Waals surface area contributed by atoms with Crippen LogP contribution in [0.2, 0.25) is 0 Å². The van der Waals surface area contributed by atoms with Crippen molar-refractivity contribution in [2.75, 3.05) is 26.8 Å². The zero-order valence-corrected chi connectivity index (χ0v) is 16.9. The third-order valence-electron chi connectivity index (χ3n) is 5.45. The van der Waals surface area contributed by atoms with E-state index in [2.05, 4.69) is 0 Å². The van der Waals surface area contributed by atoms with Gasteiger partial charge in [0.05, 0.1) is 7.11 Å². The average molecular weight is 402 g/mol. The molecule has 0 saturated carbocycles. The maximum Gasteiger partial charge on any atom is 0.236 e. The second kappa shape index (κ2) is 8.90. The van der Waals surface area contributed by atoms with Gasteiger partial charge >= 0.3 is 0 Å². The number of sulfonamides is 1. The quantitative estimate of drug-likeness (QED) is 0.773. The second-order valence-corrected chi connectivity index (χ2v) is 9.16. The Morgan fingerprint density at radius 1 is 1.07 bits per heavy atom. The topological polar surface area (TPSA) is 66.8 Å². The van der Waals surface area contributed by atoms with E-state index >= 15 is 0 Å². The number of methoxy groups -OCH3 is 1. The van der Waals surface area contributed by atoms with Gasteiger partial charge in [0.15, 0.2) is 0 Å². The van der Waals surface area contributed by atoms with Crippen LogP contribution in [0, 0.1) is 5.41 Å². The van der Waals surface area contributed by atoms with E-state index in [0.717, 1.165) is 23.3 Å². The molecule has 1 aliphatic heterocycles. The van der Waals surface area contributed by atoms with Crippen molar-refractivity contribution in [1.29, 1.82) is 0 Å². The van der Waals surface area contributed by atoms with Gasteiger partial charge in [-0.1, -0.05) is 42.5 Å². The highest BCUT2D eigenvalue weighted by molar-refractivity contribution is 7.92. The summed E-state index contributed by atoms with van der Waals surface area (Å²) < 4.78 is 32.0. The van der Waals surface area contributed by atoms with Gasteiger partial charge in [-0.05, 0) is 54.0 Å². The van der Waals surface area contributed by atoms with Gasteiger partial charge in [0.2, 0.25) is 10.0 Å². The van der Waals surface area contributed by atoms with Crippen LogP contribution in [0.4, 0.5) is 0 Å². The molecule has 1 saturated heterocycles. The summed E-state index contributed by atoms with van der Waals surface area (Å²) in [7, 11) is -1.84. The van der Waals surface area contributed by atoms with E-state index in [0.29, 0.717) is 25.9 Å². The van der Waals surface area contributed by atoms with Crippen LogP contribution >= 0.6 is 0 Å². The lowest BCUT2D eigenvalue weighted by Gasteiger charge is -2.40. The van der Waals surface area contributed by atoms with E-state index in [-0.39, 0.29) is 12.0 Å². The van der Waals surface area contributed by atoms with Crippen LogP contribution in [-0.4, -0.2) is 44.6 Å². The van der Waals surface area contributed by atoms with E-state index < -0.39 is 10.0 Å². The first-order valence-electron chi connectivity index (χ1n) is 9.43. The van der Waals surface area contributed by atoms with Crippen LogP contribution < -0.4 is 4.74 Å². The molecule has 0 aliphatic carbocycles. The Hall–Kier alpha value is -2.15. The SMILES string of the molecule is COc1ccc(CC2(CO)CCN(S(=O)(=O)/C=C/c3ccccc3)CC2)cc1. The highest BCUT2D eigenvalue weighted by atomic mass is 32.2. The van der Waals surface area contributed by atoms with Crippen molar-refractivity contribution >= 4 is 16.1 Å². The number of aliphatic hydroxyl groups is 1. The zero-order valence-electron chi connectivity index (χ0n) is 16.1. The highest BCUT2D eigenvalue weighted by Gasteiger charge is 2.37. The van der Waals surface area contributed by atoms with E-state index in [1.165, 1.54) is 9.71 Å². The molecule has 5 nitrogen and oxygen atoms in total. The minimum Gasteiger partial charge on any atom is -0.497 e. The Morgan fingerprint density at radius 3 is 2.29 bits per heavy atom. The molecule has 28 heavy (non-hydrogen) atoms. The maximum absolute atomic E-state index is 12.6. The Balaban J connectivity index is 1.64. The minimum atomic E-state index is -3.47. The van der Waals surface area contributed by atoms with Gasteiger partial charge in [-0.2, -0.15) is 4.31 Å². The number of ether oxygens (including phenoxy) is 1. The molecule has 1 heterocycles. The largest absolute Gasteiger partial charge is 0.497 e. The van der Waals surface area contributed by atoms with Gasteiger partial charge in [-0.25, -0.2) is 8.42 Å². The molecule has 0 aromatic heterocycles. The monoisotopic (exact) mass is 401 g/mol. The number of hydrogen-bond acceptors (Lipinski definition) is 4. The van der Waals surface area contributed by atoms with Gasteiger partial charge in [0.25, 0.3) is 0 Å². The van der Waals surface area contributed by atoms with Crippen LogP contribution in [-0.2, 0) is 16.4 Å². The van der Waals surface area contributed by atoms with Gasteiger partial charge < -0.3 is 9.84 Å². The molecule has 2 aromatic rings. The minimum absolute atomic E-state index is 0.0484. The standard InChI is InChI=1S/C22H27NO4S/c1-27-21-9-7-20(8-10-21)17-22(18-24)12-14-23(15-13-22)28(25,26)16-11-19-5-3-2-4-6-19/h2-11,16,24H,12-15,17-18H2,1H3/b16-11+. The molecule has 1 aliphatic rings. The summed E-state index contributed by atoms with van der Waals surface area (Å²) in [5.41, 5.74) is 1.69. The van der Waals surface area contributed by atoms with Crippen molar-refractivity contribution < 1.29 is 18.3 Å². The van der Waals surface area contributed by atoms with E-state index in [4.69, 9.17) is 4.74 Å². The number of benzene rings is 2. The van der Waals surface area contributed by atoms with Gasteiger partial charge in [0, 0.05) is 25.1 Å². The van der Waals surface area contributed by atoms with Crippen LogP contribution in [0.25, 0.3) is 6.08 Å². The summed E-state index contributed by atoms with van der Waals surface area (Å²) in [5, 5.41) is 11.3. The normalized spacial score (nSPS) is 17.6. The van der Waals surface area contributed by atoms with Crippen LogP contribution in [0.1, 0.15) is 24.0 Å². The number of aliphatic hydroxyl groups excluding tert-OH is 1. The highest BCUT2D eigenvalue weighted by Crippen LogP contribution is 2.36. The maximum atomic E-state index is 12.6. The summed E-state index contributed by atoms with van der Waals surface area (Å²) in [4.78, 5) is 0. The van der Waals surface area contributed by atoms with Crippen LogP contribution in [0.3, 0.4) is 0 Å². The fourth-order valence-electron chi connectivity index (χ4n) is 3.60. The fourth-order valence-corrected chi connectivity index (χ4v) is 4.79. The van der Waals surface area contributed by atoms with E-state index in [9.17, 15) is 13.5 Å². The average Bonchev–Trinajstić information content (AvgIpc) is 2.74. The molecule has 0 bridgehead atoms. The number of piperidine rings is 1. The number of nitrogens with zero attached hydrogens (tertiary/aromatic N) is 1. The fraction of sp³-hybridized carbons (Fsp3) is 0.364. The molecule has 0 spiro atoms. The first-order valence-corrected chi connectivity index (χ1v) is 10.9. The first kappa shape index (κ1) is 20.6. The molecule has 0 amide bonds. The second-order valence-electron chi connectivity index (χ2n) is 7.34. The Morgan fingerprint density at radius 2 is 1.71 bits per heavy atom. The molecule has 2 aromatic carbocycles. The lowest BCUT2D eigenvalue weighted by atomic mass is 9.75. The molecule has 0 radical (unpaired) electrons. The van der Waals surface area contributed by atoms with Gasteiger partial charge in [-0.3, -0.25) is 0 Å². The third-order valence-corrected chi connectivity index (χ3v) is 7.01. The predicted octanol–water partition coefficient (Wildman–Crippen LogP) is 3.31. The lowest BCUT2D eigenvalue weighted by molar-refractivity contribution is 0.0688. The molecule has 3 rings (SSSR count). The number of rotatable bonds is 7. The Labute approximate surface area is 167 Å². The van der Waals surface area contributed by atoms with Crippen LogP contribution in [0.5, 0.6) is 5.75 Å². The summed E-state index contributed by atoms with van der Waals surface area (Å²) >= 11 is 0. The van der Waals surface area contributed by atoms with Crippen molar-refractivity contribution in [2.45, 2.75) is 19.3 Å². The van der Waals surface area contributed by atoms with Crippen LogP contribution in [0.15, 0.2) is 60.0 Å². The van der Waals surface area contributed by atoms with E-state index in [1.807, 2.05) is 54.6 Å².